The van der Waals surface area contributed by atoms with Gasteiger partial charge in [0.25, 0.3) is 5.91 Å². The van der Waals surface area contributed by atoms with E-state index in [1.165, 1.54) is 25.7 Å². The number of carbonyl (C=O) groups is 1. The molecule has 1 unspecified atom stereocenters. The van der Waals surface area contributed by atoms with Gasteiger partial charge in [0.2, 0.25) is 0 Å². The fraction of sp³-hybridized carbons (Fsp3) is 0.667. The minimum atomic E-state index is -0.0221. The Kier molecular flexibility index (Phi) is 13.1. The number of nitrogens with zero attached hydrogens (tertiary/aromatic N) is 1. The lowest BCUT2D eigenvalue weighted by molar-refractivity contribution is 0.0939. The second-order valence-electron chi connectivity index (χ2n) is 8.42. The predicted octanol–water partition coefficient (Wildman–Crippen LogP) is 4.48. The summed E-state index contributed by atoms with van der Waals surface area (Å²) in [5, 5.41) is 9.93. The van der Waals surface area contributed by atoms with Gasteiger partial charge in [0.1, 0.15) is 0 Å². The third kappa shape index (κ3) is 9.35. The van der Waals surface area contributed by atoms with E-state index in [1.54, 1.807) is 7.05 Å². The van der Waals surface area contributed by atoms with Crippen LogP contribution in [0.5, 0.6) is 0 Å². The van der Waals surface area contributed by atoms with Crippen molar-refractivity contribution in [3.05, 3.63) is 35.4 Å². The van der Waals surface area contributed by atoms with Crippen LogP contribution >= 0.6 is 24.0 Å². The number of hydrogen-bond acceptors (Lipinski definition) is 3. The molecule has 176 valence electrons. The molecule has 7 heteroatoms. The van der Waals surface area contributed by atoms with Crippen LogP contribution in [0.2, 0.25) is 0 Å². The summed E-state index contributed by atoms with van der Waals surface area (Å²) in [4.78, 5) is 16.8. The molecule has 31 heavy (non-hydrogen) atoms. The van der Waals surface area contributed by atoms with E-state index in [1.807, 2.05) is 38.1 Å². The van der Waals surface area contributed by atoms with Crippen molar-refractivity contribution in [2.45, 2.75) is 71.9 Å². The largest absolute Gasteiger partial charge is 0.382 e. The van der Waals surface area contributed by atoms with Crippen molar-refractivity contribution in [2.24, 2.45) is 10.4 Å². The highest BCUT2D eigenvalue weighted by Crippen LogP contribution is 2.40. The lowest BCUT2D eigenvalue weighted by Gasteiger charge is -2.30. The van der Waals surface area contributed by atoms with Crippen LogP contribution in [0.15, 0.2) is 29.3 Å². The van der Waals surface area contributed by atoms with Gasteiger partial charge in [0, 0.05) is 45.0 Å². The quantitative estimate of drug-likeness (QED) is 0.166. The first kappa shape index (κ1) is 27.7. The summed E-state index contributed by atoms with van der Waals surface area (Å²) in [6.45, 7) is 9.28. The van der Waals surface area contributed by atoms with Gasteiger partial charge in [-0.25, -0.2) is 0 Å². The monoisotopic (exact) mass is 544 g/mol. The van der Waals surface area contributed by atoms with Crippen molar-refractivity contribution in [2.75, 3.05) is 26.8 Å². The second-order valence-corrected chi connectivity index (χ2v) is 8.42. The maximum absolute atomic E-state index is 12.4. The number of hydrogen-bond donors (Lipinski definition) is 3. The van der Waals surface area contributed by atoms with Gasteiger partial charge in [-0.3, -0.25) is 9.79 Å². The Balaban J connectivity index is 0.00000480. The predicted molar refractivity (Wildman–Crippen MR) is 139 cm³/mol. The third-order valence-electron chi connectivity index (χ3n) is 6.14. The lowest BCUT2D eigenvalue weighted by atomic mass is 9.83. The van der Waals surface area contributed by atoms with Crippen LogP contribution in [0.1, 0.15) is 75.2 Å². The molecule has 3 N–H and O–H groups in total. The van der Waals surface area contributed by atoms with Crippen LogP contribution in [0.3, 0.4) is 0 Å². The Bertz CT molecular complexity index is 690. The Labute approximate surface area is 205 Å². The van der Waals surface area contributed by atoms with E-state index >= 15 is 0 Å². The zero-order chi connectivity index (χ0) is 21.8. The molecule has 6 nitrogen and oxygen atoms in total. The first-order valence-electron chi connectivity index (χ1n) is 11.4. The number of nitrogens with one attached hydrogen (secondary N) is 3. The van der Waals surface area contributed by atoms with E-state index in [-0.39, 0.29) is 35.9 Å². The summed E-state index contributed by atoms with van der Waals surface area (Å²) >= 11 is 0. The molecule has 1 aliphatic rings. The van der Waals surface area contributed by atoms with E-state index in [2.05, 4.69) is 27.9 Å². The highest BCUT2D eigenvalue weighted by Gasteiger charge is 2.33. The topological polar surface area (TPSA) is 74.8 Å². The van der Waals surface area contributed by atoms with Gasteiger partial charge >= 0.3 is 0 Å². The molecule has 1 atom stereocenters. The van der Waals surface area contributed by atoms with Crippen LogP contribution in [0.4, 0.5) is 0 Å². The number of halogens is 1. The van der Waals surface area contributed by atoms with Gasteiger partial charge in [-0.15, -0.1) is 24.0 Å². The summed E-state index contributed by atoms with van der Waals surface area (Å²) in [6.07, 6.45) is 7.10. The smallest absolute Gasteiger partial charge is 0.251 e. The summed E-state index contributed by atoms with van der Waals surface area (Å²) in [7, 11) is 1.80. The molecule has 2 rings (SSSR count). The normalized spacial score (nSPS) is 16.3. The average molecular weight is 545 g/mol. The Morgan fingerprint density at radius 2 is 1.97 bits per heavy atom. The minimum Gasteiger partial charge on any atom is -0.382 e. The first-order valence-corrected chi connectivity index (χ1v) is 11.4. The molecule has 0 saturated heterocycles. The number of carbonyl (C=O) groups excluding carboxylic acids is 1. The van der Waals surface area contributed by atoms with E-state index < -0.39 is 0 Å². The molecular formula is C24H41IN4O2. The van der Waals surface area contributed by atoms with Gasteiger partial charge < -0.3 is 20.7 Å². The Morgan fingerprint density at radius 1 is 1.23 bits per heavy atom. The van der Waals surface area contributed by atoms with E-state index in [0.717, 1.165) is 44.1 Å². The molecular weight excluding hydrogens is 503 g/mol. The molecule has 0 aromatic heterocycles. The van der Waals surface area contributed by atoms with Crippen molar-refractivity contribution in [1.29, 1.82) is 0 Å². The van der Waals surface area contributed by atoms with Crippen molar-refractivity contribution >= 4 is 35.8 Å². The zero-order valence-electron chi connectivity index (χ0n) is 19.6. The fourth-order valence-electron chi connectivity index (χ4n) is 3.98. The van der Waals surface area contributed by atoms with Crippen molar-refractivity contribution < 1.29 is 9.53 Å². The molecule has 1 aromatic rings. The standard InChI is InChI=1S/C24H40N4O2.HI/c1-5-19(3)28-22(29)21-11-9-10-20(16-21)17-26-23(25-4)27-18-24(12-7-8-13-24)14-15-30-6-2;/h9-11,16,19H,5-8,12-15,17-18H2,1-4H3,(H,28,29)(H2,25,26,27);1H. The van der Waals surface area contributed by atoms with Crippen LogP contribution < -0.4 is 16.0 Å². The van der Waals surface area contributed by atoms with Crippen LogP contribution in [-0.2, 0) is 11.3 Å². The number of benzene rings is 1. The molecule has 0 heterocycles. The summed E-state index contributed by atoms with van der Waals surface area (Å²) in [5.41, 5.74) is 2.06. The zero-order valence-corrected chi connectivity index (χ0v) is 22.0. The van der Waals surface area contributed by atoms with Crippen molar-refractivity contribution in [3.8, 4) is 0 Å². The Morgan fingerprint density at radius 3 is 2.61 bits per heavy atom. The van der Waals surface area contributed by atoms with Gasteiger partial charge in [-0.2, -0.15) is 0 Å². The molecule has 0 radical (unpaired) electrons. The fourth-order valence-corrected chi connectivity index (χ4v) is 3.98. The third-order valence-corrected chi connectivity index (χ3v) is 6.14. The van der Waals surface area contributed by atoms with Crippen molar-refractivity contribution in [3.63, 3.8) is 0 Å². The first-order chi connectivity index (χ1) is 14.5. The minimum absolute atomic E-state index is 0. The van der Waals surface area contributed by atoms with E-state index in [9.17, 15) is 4.79 Å². The molecule has 1 aliphatic carbocycles. The highest BCUT2D eigenvalue weighted by atomic mass is 127. The molecule has 0 bridgehead atoms. The van der Waals surface area contributed by atoms with Gasteiger partial charge in [0.05, 0.1) is 0 Å². The van der Waals surface area contributed by atoms with E-state index in [4.69, 9.17) is 4.74 Å². The maximum Gasteiger partial charge on any atom is 0.251 e. The molecule has 0 spiro atoms. The molecule has 1 saturated carbocycles. The van der Waals surface area contributed by atoms with E-state index in [0.29, 0.717) is 17.5 Å². The number of guanidine groups is 1. The van der Waals surface area contributed by atoms with Crippen LogP contribution in [-0.4, -0.2) is 44.7 Å². The summed E-state index contributed by atoms with van der Waals surface area (Å²) in [5.74, 6) is 0.776. The highest BCUT2D eigenvalue weighted by molar-refractivity contribution is 14.0. The van der Waals surface area contributed by atoms with Gasteiger partial charge in [0.15, 0.2) is 5.96 Å². The summed E-state index contributed by atoms with van der Waals surface area (Å²) in [6, 6.07) is 7.93. The summed E-state index contributed by atoms with van der Waals surface area (Å²) < 4.78 is 5.61. The van der Waals surface area contributed by atoms with Crippen LogP contribution in [0.25, 0.3) is 0 Å². The molecule has 0 aliphatic heterocycles. The molecule has 1 fully saturated rings. The second kappa shape index (κ2) is 14.7. The van der Waals surface area contributed by atoms with Gasteiger partial charge in [-0.05, 0) is 62.6 Å². The van der Waals surface area contributed by atoms with Crippen LogP contribution in [0, 0.1) is 5.41 Å². The van der Waals surface area contributed by atoms with Crippen molar-refractivity contribution in [1.82, 2.24) is 16.0 Å². The lowest BCUT2D eigenvalue weighted by Crippen LogP contribution is -2.43. The number of amides is 1. The number of rotatable bonds is 11. The number of ether oxygens (including phenoxy) is 1. The average Bonchev–Trinajstić information content (AvgIpc) is 3.23. The Hall–Kier alpha value is -1.35. The maximum atomic E-state index is 12.4. The number of aliphatic imine (C=N–C) groups is 1. The van der Waals surface area contributed by atoms with Gasteiger partial charge in [-0.1, -0.05) is 31.9 Å². The molecule has 1 aromatic carbocycles. The SMILES string of the molecule is CCOCCC1(CNC(=NC)NCc2cccc(C(=O)NC(C)CC)c2)CCCC1.I. The molecule has 1 amide bonds.